The van der Waals surface area contributed by atoms with Gasteiger partial charge in [-0.15, -0.1) is 0 Å². The number of imidazole rings is 1. The van der Waals surface area contributed by atoms with Crippen molar-refractivity contribution in [2.24, 2.45) is 0 Å². The molecule has 0 N–H and O–H groups in total. The minimum atomic E-state index is -3.09. The van der Waals surface area contributed by atoms with Crippen molar-refractivity contribution in [2.45, 2.75) is 0 Å². The van der Waals surface area contributed by atoms with Gasteiger partial charge in [0.25, 0.3) is 0 Å². The topological polar surface area (TPSA) is 34.4 Å². The third-order valence-corrected chi connectivity index (χ3v) is 18.8. The molecule has 0 aliphatic rings. The number of benzene rings is 8. The van der Waals surface area contributed by atoms with Crippen LogP contribution in [0.2, 0.25) is 0 Å². The molecule has 10 aromatic rings. The second-order valence-corrected chi connectivity index (χ2v) is 21.0. The largest absolute Gasteiger partial charge is 0.309 e. The molecule has 10 rings (SSSR count). The summed E-state index contributed by atoms with van der Waals surface area (Å²) >= 11 is 6.78. The van der Waals surface area contributed by atoms with Crippen LogP contribution in [0, 0.1) is 0 Å². The highest BCUT2D eigenvalue weighted by atomic mass is 32.4. The minimum Gasteiger partial charge on any atom is -0.309 e. The van der Waals surface area contributed by atoms with E-state index in [-0.39, 0.29) is 0 Å². The zero-order valence-corrected chi connectivity index (χ0v) is 32.3. The van der Waals surface area contributed by atoms with E-state index in [1.165, 1.54) is 0 Å². The Balaban J connectivity index is 1.18. The van der Waals surface area contributed by atoms with Gasteiger partial charge in [-0.2, -0.15) is 0 Å². The number of pyridine rings is 1. The molecule has 0 saturated carbocycles. The van der Waals surface area contributed by atoms with E-state index in [1.54, 1.807) is 0 Å². The highest BCUT2D eigenvalue weighted by Crippen LogP contribution is 2.45. The zero-order chi connectivity index (χ0) is 37.0. The van der Waals surface area contributed by atoms with Crippen LogP contribution >= 0.6 is 13.2 Å². The molecule has 3 nitrogen and oxygen atoms in total. The van der Waals surface area contributed by atoms with E-state index in [0.717, 1.165) is 81.3 Å². The van der Waals surface area contributed by atoms with Crippen molar-refractivity contribution >= 4 is 95.2 Å². The number of hydrogen-bond acceptors (Lipinski definition) is 3. The predicted octanol–water partition coefficient (Wildman–Crippen LogP) is 9.86. The molecule has 0 saturated heterocycles. The maximum absolute atomic E-state index is 15.1. The molecule has 6 heteroatoms. The van der Waals surface area contributed by atoms with E-state index in [9.17, 15) is 0 Å². The summed E-state index contributed by atoms with van der Waals surface area (Å²) in [4.78, 5) is 5.27. The fourth-order valence-corrected chi connectivity index (χ4v) is 14.4. The molecular formula is C49H34N2OP2S. The van der Waals surface area contributed by atoms with Gasteiger partial charge in [-0.1, -0.05) is 200 Å². The fourth-order valence-electron chi connectivity index (χ4n) is 8.03. The lowest BCUT2D eigenvalue weighted by molar-refractivity contribution is 0.592. The first-order chi connectivity index (χ1) is 27.0. The summed E-state index contributed by atoms with van der Waals surface area (Å²) in [5.41, 5.74) is 6.07. The Morgan fingerprint density at radius 3 is 1.45 bits per heavy atom. The summed E-state index contributed by atoms with van der Waals surface area (Å²) in [6.45, 7) is 0. The van der Waals surface area contributed by atoms with Gasteiger partial charge in [0.15, 0.2) is 7.14 Å². The van der Waals surface area contributed by atoms with Crippen LogP contribution in [0.1, 0.15) is 0 Å². The van der Waals surface area contributed by atoms with Crippen molar-refractivity contribution in [3.8, 4) is 11.1 Å². The third-order valence-electron chi connectivity index (χ3n) is 10.7. The summed E-state index contributed by atoms with van der Waals surface area (Å²) in [6.07, 6.45) is 0. The van der Waals surface area contributed by atoms with Crippen LogP contribution in [0.25, 0.3) is 49.5 Å². The predicted molar refractivity (Wildman–Crippen MR) is 239 cm³/mol. The number of nitrogens with zero attached hydrogens (tertiary/aromatic N) is 2. The Hall–Kier alpha value is -5.89. The van der Waals surface area contributed by atoms with Crippen LogP contribution in [0.4, 0.5) is 0 Å². The molecule has 0 fully saturated rings. The van der Waals surface area contributed by atoms with Crippen LogP contribution in [-0.2, 0) is 16.4 Å². The van der Waals surface area contributed by atoms with Crippen molar-refractivity contribution < 1.29 is 4.57 Å². The average Bonchev–Trinajstić information content (AvgIpc) is 3.67. The monoisotopic (exact) mass is 760 g/mol. The second-order valence-electron chi connectivity index (χ2n) is 13.8. The molecule has 8 aromatic carbocycles. The Labute approximate surface area is 325 Å². The van der Waals surface area contributed by atoms with Crippen molar-refractivity contribution in [1.29, 1.82) is 0 Å². The molecule has 0 unspecified atom stereocenters. The van der Waals surface area contributed by atoms with Gasteiger partial charge >= 0.3 is 0 Å². The Morgan fingerprint density at radius 2 is 0.873 bits per heavy atom. The lowest BCUT2D eigenvalue weighted by atomic mass is 10.0. The van der Waals surface area contributed by atoms with Crippen LogP contribution in [0.15, 0.2) is 206 Å². The molecule has 262 valence electrons. The zero-order valence-electron chi connectivity index (χ0n) is 29.7. The van der Waals surface area contributed by atoms with Gasteiger partial charge in [0, 0.05) is 32.7 Å². The molecule has 2 aromatic heterocycles. The highest BCUT2D eigenvalue weighted by Gasteiger charge is 2.30. The molecule has 55 heavy (non-hydrogen) atoms. The van der Waals surface area contributed by atoms with Crippen molar-refractivity contribution in [3.63, 3.8) is 0 Å². The summed E-state index contributed by atoms with van der Waals surface area (Å²) < 4.78 is 17.4. The van der Waals surface area contributed by atoms with Crippen LogP contribution < -0.4 is 31.8 Å². The first-order valence-corrected chi connectivity index (χ1v) is 22.9. The maximum atomic E-state index is 15.1. The minimum absolute atomic E-state index is 0.809. The third kappa shape index (κ3) is 5.44. The van der Waals surface area contributed by atoms with Crippen LogP contribution in [-0.4, -0.2) is 9.38 Å². The first-order valence-electron chi connectivity index (χ1n) is 18.3. The van der Waals surface area contributed by atoms with Gasteiger partial charge < -0.3 is 4.57 Å². The average molecular weight is 761 g/mol. The standard InChI is InChI=1S/C49H34N2OP2S/c52-53(37-15-5-1-6-16-37,38-17-7-2-8-18-38)39-28-25-35(26-29-39)36-27-31-44-43-23-13-14-24-45(43)49-50-46-32-30-42(34-48(46)51(49)47(44)33-36)54(55,40-19-9-3-10-20-40)41-21-11-4-12-22-41/h1-34H. The number of rotatable bonds is 7. The van der Waals surface area contributed by atoms with Gasteiger partial charge in [-0.25, -0.2) is 4.98 Å². The summed E-state index contributed by atoms with van der Waals surface area (Å²) in [6, 6.07) is 68.5. The van der Waals surface area contributed by atoms with E-state index < -0.39 is 13.2 Å². The number of aromatic nitrogens is 2. The summed E-state index contributed by atoms with van der Waals surface area (Å²) in [5.74, 6) is 0. The quantitative estimate of drug-likeness (QED) is 0.120. The van der Waals surface area contributed by atoms with Crippen molar-refractivity contribution in [3.05, 3.63) is 206 Å². The molecule has 0 amide bonds. The lowest BCUT2D eigenvalue weighted by Crippen LogP contribution is -2.24. The molecule has 0 radical (unpaired) electrons. The van der Waals surface area contributed by atoms with Crippen LogP contribution in [0.5, 0.6) is 0 Å². The number of hydrogen-bond donors (Lipinski definition) is 0. The Kier molecular flexibility index (Phi) is 8.23. The van der Waals surface area contributed by atoms with Gasteiger partial charge in [-0.3, -0.25) is 4.40 Å². The van der Waals surface area contributed by atoms with E-state index in [4.69, 9.17) is 16.8 Å². The summed E-state index contributed by atoms with van der Waals surface area (Å²) in [5, 5.41) is 9.32. The first kappa shape index (κ1) is 33.7. The highest BCUT2D eigenvalue weighted by molar-refractivity contribution is 8.25. The molecule has 2 heterocycles. The van der Waals surface area contributed by atoms with Gasteiger partial charge in [0.2, 0.25) is 0 Å². The van der Waals surface area contributed by atoms with E-state index in [2.05, 4.69) is 138 Å². The van der Waals surface area contributed by atoms with Crippen molar-refractivity contribution in [1.82, 2.24) is 9.38 Å². The number of fused-ring (bicyclic) bond motifs is 8. The SMILES string of the molecule is O=P(c1ccccc1)(c1ccccc1)c1ccc(-c2ccc3c4ccccc4c4nc5ccc(P(=S)(c6ccccc6)c6ccccc6)cc5n4c3c2)cc1. The molecule has 0 aliphatic heterocycles. The lowest BCUT2D eigenvalue weighted by Gasteiger charge is -2.24. The van der Waals surface area contributed by atoms with Crippen LogP contribution in [0.3, 0.4) is 0 Å². The molecular weight excluding hydrogens is 727 g/mol. The molecule has 0 spiro atoms. The van der Waals surface area contributed by atoms with E-state index in [0.29, 0.717) is 0 Å². The summed E-state index contributed by atoms with van der Waals surface area (Å²) in [7, 11) is -3.09. The second kappa shape index (κ2) is 13.4. The normalized spacial score (nSPS) is 12.1. The molecule has 0 aliphatic carbocycles. The van der Waals surface area contributed by atoms with Gasteiger partial charge in [0.1, 0.15) is 5.65 Å². The van der Waals surface area contributed by atoms with Gasteiger partial charge in [0.05, 0.1) is 16.6 Å². The fraction of sp³-hybridized carbons (Fsp3) is 0. The Morgan fingerprint density at radius 1 is 0.400 bits per heavy atom. The Bertz CT molecular complexity index is 3040. The van der Waals surface area contributed by atoms with E-state index >= 15 is 4.57 Å². The maximum Gasteiger partial charge on any atom is 0.171 e. The van der Waals surface area contributed by atoms with Gasteiger partial charge in [-0.05, 0) is 50.6 Å². The van der Waals surface area contributed by atoms with Crippen molar-refractivity contribution in [2.75, 3.05) is 0 Å². The molecule has 0 bridgehead atoms. The smallest absolute Gasteiger partial charge is 0.171 e. The van der Waals surface area contributed by atoms with E-state index in [1.807, 2.05) is 72.8 Å². The molecule has 0 atom stereocenters.